The van der Waals surface area contributed by atoms with Gasteiger partial charge >= 0.3 is 0 Å². The minimum Gasteiger partial charge on any atom is -0.496 e. The first kappa shape index (κ1) is 18.6. The normalized spacial score (nSPS) is 12.8. The summed E-state index contributed by atoms with van der Waals surface area (Å²) < 4.78 is 7.04. The van der Waals surface area contributed by atoms with Crippen molar-refractivity contribution in [3.63, 3.8) is 0 Å². The Morgan fingerprint density at radius 1 is 1.31 bits per heavy atom. The van der Waals surface area contributed by atoms with E-state index in [0.29, 0.717) is 30.3 Å². The zero-order valence-electron chi connectivity index (χ0n) is 15.2. The molecule has 26 heavy (non-hydrogen) atoms. The molecule has 0 saturated carbocycles. The molecule has 3 aromatic rings. The van der Waals surface area contributed by atoms with Crippen LogP contribution >= 0.6 is 11.3 Å². The third-order valence-electron chi connectivity index (χ3n) is 4.40. The zero-order chi connectivity index (χ0) is 18.7. The maximum Gasteiger partial charge on any atom is 0.230 e. The van der Waals surface area contributed by atoms with Crippen molar-refractivity contribution in [3.05, 3.63) is 40.5 Å². The molecule has 0 radical (unpaired) electrons. The predicted molar refractivity (Wildman–Crippen MR) is 101 cm³/mol. The van der Waals surface area contributed by atoms with E-state index in [-0.39, 0.29) is 18.5 Å². The van der Waals surface area contributed by atoms with E-state index in [9.17, 15) is 10.2 Å². The summed E-state index contributed by atoms with van der Waals surface area (Å²) in [5, 5.41) is 24.7. The Labute approximate surface area is 156 Å². The Hall–Kier alpha value is -2.16. The van der Waals surface area contributed by atoms with Crippen molar-refractivity contribution in [1.82, 2.24) is 19.5 Å². The summed E-state index contributed by atoms with van der Waals surface area (Å²) in [6.07, 6.45) is 0.713. The first-order valence-electron chi connectivity index (χ1n) is 8.69. The molecule has 1 aromatic carbocycles. The van der Waals surface area contributed by atoms with Gasteiger partial charge in [-0.2, -0.15) is 4.52 Å². The lowest BCUT2D eigenvalue weighted by Crippen LogP contribution is -2.32. The molecule has 3 rings (SSSR count). The lowest BCUT2D eigenvalue weighted by molar-refractivity contribution is 0.172. The summed E-state index contributed by atoms with van der Waals surface area (Å²) in [5.74, 6) is 1.53. The number of hydrogen-bond donors (Lipinski definition) is 2. The number of rotatable bonds is 8. The molecule has 1 unspecified atom stereocenters. The van der Waals surface area contributed by atoms with E-state index in [1.54, 1.807) is 7.11 Å². The average Bonchev–Trinajstić information content (AvgIpc) is 3.21. The molecule has 0 aliphatic rings. The Balaban J connectivity index is 2.17. The molecule has 2 aromatic heterocycles. The van der Waals surface area contributed by atoms with Gasteiger partial charge in [0.2, 0.25) is 10.8 Å². The summed E-state index contributed by atoms with van der Waals surface area (Å²) in [5.41, 5.74) is 0.931. The van der Waals surface area contributed by atoms with Crippen LogP contribution in [0.1, 0.15) is 36.2 Å². The number of para-hydroxylation sites is 1. The number of benzene rings is 1. The van der Waals surface area contributed by atoms with Crippen molar-refractivity contribution in [1.29, 1.82) is 0 Å². The molecule has 0 amide bonds. The summed E-state index contributed by atoms with van der Waals surface area (Å²) in [7, 11) is 1.63. The van der Waals surface area contributed by atoms with Crippen LogP contribution in [0.2, 0.25) is 0 Å². The number of nitrogens with zero attached hydrogens (tertiary/aromatic N) is 4. The van der Waals surface area contributed by atoms with Gasteiger partial charge in [-0.25, -0.2) is 4.98 Å². The van der Waals surface area contributed by atoms with Crippen LogP contribution < -0.4 is 4.74 Å². The first-order valence-corrected chi connectivity index (χ1v) is 9.51. The van der Waals surface area contributed by atoms with Gasteiger partial charge in [0.15, 0.2) is 5.82 Å². The van der Waals surface area contributed by atoms with Gasteiger partial charge in [0.1, 0.15) is 5.75 Å². The van der Waals surface area contributed by atoms with Crippen molar-refractivity contribution in [2.75, 3.05) is 26.8 Å². The lowest BCUT2D eigenvalue weighted by Gasteiger charge is -2.30. The van der Waals surface area contributed by atoms with Gasteiger partial charge in [-0.1, -0.05) is 43.4 Å². The number of aryl methyl sites for hydroxylation is 1. The number of aliphatic hydroxyl groups is 1. The number of ether oxygens (including phenoxy) is 1. The standard InChI is InChI=1S/C18H24N4O3S/c1-4-14-19-18-22(20-14)17(24)16(26-18)15(21(5-2)10-11-23)12-8-6-7-9-13(12)25-3/h6-9,15,23-24H,4-5,10-11H2,1-3H3. The number of aromatic hydroxyl groups is 1. The van der Waals surface area contributed by atoms with Gasteiger partial charge in [0.25, 0.3) is 0 Å². The van der Waals surface area contributed by atoms with Gasteiger partial charge in [0, 0.05) is 18.5 Å². The van der Waals surface area contributed by atoms with E-state index in [2.05, 4.69) is 15.0 Å². The summed E-state index contributed by atoms with van der Waals surface area (Å²) in [6.45, 7) is 5.22. The fraction of sp³-hybridized carbons (Fsp3) is 0.444. The number of aliphatic hydroxyl groups excluding tert-OH is 1. The molecule has 2 N–H and O–H groups in total. The fourth-order valence-electron chi connectivity index (χ4n) is 3.11. The second-order valence-corrected chi connectivity index (χ2v) is 6.87. The molecule has 2 heterocycles. The second-order valence-electron chi connectivity index (χ2n) is 5.86. The van der Waals surface area contributed by atoms with Crippen LogP contribution in [-0.4, -0.2) is 56.5 Å². The van der Waals surface area contributed by atoms with Crippen molar-refractivity contribution >= 4 is 16.3 Å². The van der Waals surface area contributed by atoms with E-state index in [1.165, 1.54) is 15.9 Å². The largest absolute Gasteiger partial charge is 0.496 e. The van der Waals surface area contributed by atoms with Gasteiger partial charge in [0.05, 0.1) is 24.6 Å². The number of aromatic nitrogens is 3. The summed E-state index contributed by atoms with van der Waals surface area (Å²) >= 11 is 1.41. The summed E-state index contributed by atoms with van der Waals surface area (Å²) in [6, 6.07) is 7.48. The Bertz CT molecular complexity index is 877. The van der Waals surface area contributed by atoms with Crippen LogP contribution in [0.15, 0.2) is 24.3 Å². The third-order valence-corrected chi connectivity index (χ3v) is 5.47. The molecular weight excluding hydrogens is 352 g/mol. The SMILES string of the molecule is CCc1nc2sc(C(c3ccccc3OC)N(CC)CCO)c(O)n2n1. The molecule has 0 saturated heterocycles. The molecule has 0 spiro atoms. The number of hydrogen-bond acceptors (Lipinski definition) is 7. The van der Waals surface area contributed by atoms with Crippen molar-refractivity contribution in [2.45, 2.75) is 26.3 Å². The fourth-order valence-corrected chi connectivity index (χ4v) is 4.24. The van der Waals surface area contributed by atoms with Gasteiger partial charge in [-0.3, -0.25) is 4.90 Å². The number of methoxy groups -OCH3 is 1. The quantitative estimate of drug-likeness (QED) is 0.628. The molecule has 0 aliphatic heterocycles. The van der Waals surface area contributed by atoms with Crippen LogP contribution in [0.5, 0.6) is 11.6 Å². The zero-order valence-corrected chi connectivity index (χ0v) is 16.0. The van der Waals surface area contributed by atoms with E-state index >= 15 is 0 Å². The van der Waals surface area contributed by atoms with E-state index < -0.39 is 0 Å². The molecule has 7 nitrogen and oxygen atoms in total. The highest BCUT2D eigenvalue weighted by molar-refractivity contribution is 7.17. The highest BCUT2D eigenvalue weighted by atomic mass is 32.1. The van der Waals surface area contributed by atoms with Gasteiger partial charge < -0.3 is 14.9 Å². The smallest absolute Gasteiger partial charge is 0.230 e. The highest BCUT2D eigenvalue weighted by Crippen LogP contribution is 2.42. The van der Waals surface area contributed by atoms with Crippen LogP contribution in [0.3, 0.4) is 0 Å². The average molecular weight is 376 g/mol. The molecule has 140 valence electrons. The lowest BCUT2D eigenvalue weighted by atomic mass is 10.0. The second kappa shape index (κ2) is 8.03. The topological polar surface area (TPSA) is 83.1 Å². The Kier molecular flexibility index (Phi) is 5.75. The first-order chi connectivity index (χ1) is 12.6. The van der Waals surface area contributed by atoms with Crippen LogP contribution in [-0.2, 0) is 6.42 Å². The van der Waals surface area contributed by atoms with Gasteiger partial charge in [-0.05, 0) is 12.6 Å². The highest BCUT2D eigenvalue weighted by Gasteiger charge is 2.30. The van der Waals surface area contributed by atoms with Crippen molar-refractivity contribution in [3.8, 4) is 11.6 Å². The molecule has 0 fully saturated rings. The number of thiazole rings is 1. The third kappa shape index (κ3) is 3.27. The van der Waals surface area contributed by atoms with Crippen LogP contribution in [0.4, 0.5) is 0 Å². The van der Waals surface area contributed by atoms with Crippen molar-refractivity contribution < 1.29 is 14.9 Å². The van der Waals surface area contributed by atoms with E-state index in [0.717, 1.165) is 16.2 Å². The van der Waals surface area contributed by atoms with Crippen molar-refractivity contribution in [2.24, 2.45) is 0 Å². The Morgan fingerprint density at radius 2 is 2.08 bits per heavy atom. The number of fused-ring (bicyclic) bond motifs is 1. The van der Waals surface area contributed by atoms with Crippen LogP contribution in [0, 0.1) is 0 Å². The van der Waals surface area contributed by atoms with E-state index in [4.69, 9.17) is 4.74 Å². The van der Waals surface area contributed by atoms with Gasteiger partial charge in [-0.15, -0.1) is 5.10 Å². The molecular formula is C18H24N4O3S. The van der Waals surface area contributed by atoms with Crippen LogP contribution in [0.25, 0.3) is 4.96 Å². The van der Waals surface area contributed by atoms with E-state index in [1.807, 2.05) is 38.1 Å². The Morgan fingerprint density at radius 3 is 2.69 bits per heavy atom. The minimum atomic E-state index is -0.262. The molecule has 0 bridgehead atoms. The number of likely N-dealkylation sites (N-methyl/N-ethyl adjacent to an activating group) is 1. The summed E-state index contributed by atoms with van der Waals surface area (Å²) in [4.78, 5) is 7.97. The maximum absolute atomic E-state index is 10.8. The molecule has 8 heteroatoms. The molecule has 1 atom stereocenters. The molecule has 0 aliphatic carbocycles. The predicted octanol–water partition coefficient (Wildman–Crippen LogP) is 2.47. The monoisotopic (exact) mass is 376 g/mol. The minimum absolute atomic E-state index is 0.0288. The maximum atomic E-state index is 10.8.